The van der Waals surface area contributed by atoms with Crippen molar-refractivity contribution >= 4 is 5.97 Å². The van der Waals surface area contributed by atoms with Gasteiger partial charge in [0.1, 0.15) is 0 Å². The van der Waals surface area contributed by atoms with Crippen LogP contribution in [0.25, 0.3) is 0 Å². The molecule has 1 aliphatic rings. The first-order valence-electron chi connectivity index (χ1n) is 5.40. The Morgan fingerprint density at radius 2 is 1.93 bits per heavy atom. The molecule has 0 aromatic carbocycles. The summed E-state index contributed by atoms with van der Waals surface area (Å²) in [7, 11) is 1.30. The van der Waals surface area contributed by atoms with Crippen molar-refractivity contribution in [3.05, 3.63) is 0 Å². The Labute approximate surface area is 91.2 Å². The summed E-state index contributed by atoms with van der Waals surface area (Å²) in [6.07, 6.45) is 0. The Kier molecular flexibility index (Phi) is 3.73. The predicted octanol–water partition coefficient (Wildman–Crippen LogP) is 0.498. The van der Waals surface area contributed by atoms with Gasteiger partial charge in [-0.2, -0.15) is 0 Å². The van der Waals surface area contributed by atoms with E-state index in [0.29, 0.717) is 18.4 Å². The molecule has 0 saturated carbocycles. The molecule has 1 rings (SSSR count). The average molecular weight is 215 g/mol. The second-order valence-electron chi connectivity index (χ2n) is 4.91. The molecule has 0 aromatic rings. The Hall–Kier alpha value is -0.610. The van der Waals surface area contributed by atoms with Crippen molar-refractivity contribution in [1.82, 2.24) is 4.90 Å². The van der Waals surface area contributed by atoms with Crippen molar-refractivity contribution in [3.63, 3.8) is 0 Å². The molecule has 0 bridgehead atoms. The molecule has 3 atom stereocenters. The average Bonchev–Trinajstić information content (AvgIpc) is 2.43. The molecule has 0 amide bonds. The van der Waals surface area contributed by atoms with E-state index >= 15 is 0 Å². The molecule has 0 aliphatic carbocycles. The molecule has 88 valence electrons. The minimum Gasteiger partial charge on any atom is -0.467 e. The molecule has 1 fully saturated rings. The van der Waals surface area contributed by atoms with Gasteiger partial charge in [0.05, 0.1) is 7.11 Å². The molecule has 1 heterocycles. The standard InChI is InChI=1S/C11H21NO3/c1-8-5-12(6-9(8)2)7-11(3,14)10(13)15-4/h8-9,14H,5-7H2,1-4H3. The van der Waals surface area contributed by atoms with Crippen molar-refractivity contribution in [2.24, 2.45) is 11.8 Å². The lowest BCUT2D eigenvalue weighted by molar-refractivity contribution is -0.162. The first-order chi connectivity index (χ1) is 6.86. The van der Waals surface area contributed by atoms with Crippen LogP contribution in [0.2, 0.25) is 0 Å². The molecule has 1 N–H and O–H groups in total. The maximum absolute atomic E-state index is 11.3. The highest BCUT2D eigenvalue weighted by atomic mass is 16.5. The number of carbonyl (C=O) groups is 1. The number of likely N-dealkylation sites (tertiary alicyclic amines) is 1. The normalized spacial score (nSPS) is 31.3. The fourth-order valence-electron chi connectivity index (χ4n) is 2.10. The molecule has 4 nitrogen and oxygen atoms in total. The van der Waals surface area contributed by atoms with Gasteiger partial charge >= 0.3 is 5.97 Å². The summed E-state index contributed by atoms with van der Waals surface area (Å²) >= 11 is 0. The van der Waals surface area contributed by atoms with Gasteiger partial charge in [0.15, 0.2) is 5.60 Å². The summed E-state index contributed by atoms with van der Waals surface area (Å²) in [4.78, 5) is 13.4. The van der Waals surface area contributed by atoms with Gasteiger partial charge in [0, 0.05) is 19.6 Å². The van der Waals surface area contributed by atoms with Crippen molar-refractivity contribution in [1.29, 1.82) is 0 Å². The Morgan fingerprint density at radius 3 is 2.33 bits per heavy atom. The van der Waals surface area contributed by atoms with Gasteiger partial charge in [-0.15, -0.1) is 0 Å². The van der Waals surface area contributed by atoms with Crippen LogP contribution in [0.1, 0.15) is 20.8 Å². The number of carbonyl (C=O) groups excluding carboxylic acids is 1. The van der Waals surface area contributed by atoms with Crippen molar-refractivity contribution in [2.45, 2.75) is 26.4 Å². The zero-order valence-corrected chi connectivity index (χ0v) is 9.99. The lowest BCUT2D eigenvalue weighted by Gasteiger charge is -2.26. The molecule has 4 heteroatoms. The number of aliphatic hydroxyl groups is 1. The Balaban J connectivity index is 2.52. The monoisotopic (exact) mass is 215 g/mol. The number of β-amino-alcohol motifs (C(OH)–C–C–N with tert-alkyl or cyclic N) is 1. The van der Waals surface area contributed by atoms with Gasteiger partial charge in [-0.1, -0.05) is 13.8 Å². The quantitative estimate of drug-likeness (QED) is 0.696. The Morgan fingerprint density at radius 1 is 1.47 bits per heavy atom. The highest BCUT2D eigenvalue weighted by Gasteiger charge is 2.37. The van der Waals surface area contributed by atoms with E-state index in [1.54, 1.807) is 0 Å². The van der Waals surface area contributed by atoms with E-state index in [9.17, 15) is 9.90 Å². The number of hydrogen-bond donors (Lipinski definition) is 1. The lowest BCUT2D eigenvalue weighted by atomic mass is 10.0. The van der Waals surface area contributed by atoms with Crippen LogP contribution in [-0.2, 0) is 9.53 Å². The van der Waals surface area contributed by atoms with Crippen LogP contribution < -0.4 is 0 Å². The van der Waals surface area contributed by atoms with E-state index in [-0.39, 0.29) is 0 Å². The summed E-state index contributed by atoms with van der Waals surface area (Å²) in [5, 5.41) is 9.90. The predicted molar refractivity (Wildman–Crippen MR) is 57.4 cm³/mol. The molecule has 0 aromatic heterocycles. The van der Waals surface area contributed by atoms with Gasteiger partial charge in [-0.05, 0) is 18.8 Å². The third kappa shape index (κ3) is 2.92. The highest BCUT2D eigenvalue weighted by Crippen LogP contribution is 2.23. The first kappa shape index (κ1) is 12.5. The fourth-order valence-corrected chi connectivity index (χ4v) is 2.10. The minimum atomic E-state index is -1.39. The van der Waals surface area contributed by atoms with Gasteiger partial charge in [-0.25, -0.2) is 4.79 Å². The third-order valence-corrected chi connectivity index (χ3v) is 3.22. The summed E-state index contributed by atoms with van der Waals surface area (Å²) in [6, 6.07) is 0. The number of nitrogens with zero attached hydrogens (tertiary/aromatic N) is 1. The van der Waals surface area contributed by atoms with Crippen molar-refractivity contribution in [2.75, 3.05) is 26.7 Å². The van der Waals surface area contributed by atoms with Crippen LogP contribution in [0.4, 0.5) is 0 Å². The highest BCUT2D eigenvalue weighted by molar-refractivity contribution is 5.78. The summed E-state index contributed by atoms with van der Waals surface area (Å²) in [5.74, 6) is 0.687. The van der Waals surface area contributed by atoms with Crippen LogP contribution in [0.3, 0.4) is 0 Å². The molecule has 1 aliphatic heterocycles. The first-order valence-corrected chi connectivity index (χ1v) is 5.40. The van der Waals surface area contributed by atoms with E-state index in [2.05, 4.69) is 23.5 Å². The van der Waals surface area contributed by atoms with Gasteiger partial charge < -0.3 is 9.84 Å². The molecule has 15 heavy (non-hydrogen) atoms. The number of esters is 1. The van der Waals surface area contributed by atoms with Crippen LogP contribution in [0, 0.1) is 11.8 Å². The molecular formula is C11H21NO3. The van der Waals surface area contributed by atoms with Crippen LogP contribution in [-0.4, -0.2) is 48.3 Å². The molecule has 3 unspecified atom stereocenters. The maximum Gasteiger partial charge on any atom is 0.338 e. The SMILES string of the molecule is COC(=O)C(C)(O)CN1CC(C)C(C)C1. The number of rotatable bonds is 3. The van der Waals surface area contributed by atoms with Crippen LogP contribution >= 0.6 is 0 Å². The third-order valence-electron chi connectivity index (χ3n) is 3.22. The van der Waals surface area contributed by atoms with Gasteiger partial charge in [0.2, 0.25) is 0 Å². The molecule has 0 spiro atoms. The fraction of sp³-hybridized carbons (Fsp3) is 0.909. The summed E-state index contributed by atoms with van der Waals surface area (Å²) in [6.45, 7) is 8.12. The molecule has 0 radical (unpaired) electrons. The minimum absolute atomic E-state index is 0.356. The Bertz CT molecular complexity index is 230. The second kappa shape index (κ2) is 4.49. The lowest BCUT2D eigenvalue weighted by Crippen LogP contribution is -2.46. The largest absolute Gasteiger partial charge is 0.467 e. The second-order valence-corrected chi connectivity index (χ2v) is 4.91. The van der Waals surface area contributed by atoms with E-state index in [1.807, 2.05) is 0 Å². The number of hydrogen-bond acceptors (Lipinski definition) is 4. The van der Waals surface area contributed by atoms with Crippen molar-refractivity contribution in [3.8, 4) is 0 Å². The van der Waals surface area contributed by atoms with Crippen LogP contribution in [0.15, 0.2) is 0 Å². The zero-order chi connectivity index (χ0) is 11.6. The van der Waals surface area contributed by atoms with E-state index in [1.165, 1.54) is 14.0 Å². The summed E-state index contributed by atoms with van der Waals surface area (Å²) < 4.78 is 4.56. The zero-order valence-electron chi connectivity index (χ0n) is 9.99. The van der Waals surface area contributed by atoms with E-state index in [0.717, 1.165) is 13.1 Å². The maximum atomic E-state index is 11.3. The van der Waals surface area contributed by atoms with Crippen LogP contribution in [0.5, 0.6) is 0 Å². The smallest absolute Gasteiger partial charge is 0.338 e. The summed E-state index contributed by atoms with van der Waals surface area (Å²) in [5.41, 5.74) is -1.39. The van der Waals surface area contributed by atoms with Gasteiger partial charge in [0.25, 0.3) is 0 Å². The van der Waals surface area contributed by atoms with E-state index < -0.39 is 11.6 Å². The number of ether oxygens (including phenoxy) is 1. The molecular weight excluding hydrogens is 194 g/mol. The van der Waals surface area contributed by atoms with E-state index in [4.69, 9.17) is 0 Å². The number of methoxy groups -OCH3 is 1. The topological polar surface area (TPSA) is 49.8 Å². The molecule has 1 saturated heterocycles. The van der Waals surface area contributed by atoms with Gasteiger partial charge in [-0.3, -0.25) is 4.90 Å². The van der Waals surface area contributed by atoms with Crippen molar-refractivity contribution < 1.29 is 14.6 Å².